The molecule has 15 heavy (non-hydrogen) atoms. The number of likely N-dealkylation sites (tertiary alicyclic amines) is 1. The minimum Gasteiger partial charge on any atom is -0.380 e. The summed E-state index contributed by atoms with van der Waals surface area (Å²) in [5, 5.41) is 0. The van der Waals surface area contributed by atoms with Crippen molar-refractivity contribution in [1.29, 1.82) is 0 Å². The molecule has 2 saturated heterocycles. The van der Waals surface area contributed by atoms with Crippen LogP contribution in [0.1, 0.15) is 20.8 Å². The van der Waals surface area contributed by atoms with Gasteiger partial charge >= 0.3 is 0 Å². The summed E-state index contributed by atoms with van der Waals surface area (Å²) >= 11 is 0. The first-order valence-electron chi connectivity index (χ1n) is 5.60. The quantitative estimate of drug-likeness (QED) is 0.662. The lowest BCUT2D eigenvalue weighted by atomic mass is 9.78. The van der Waals surface area contributed by atoms with Gasteiger partial charge in [0.2, 0.25) is 0 Å². The Morgan fingerprint density at radius 3 is 2.27 bits per heavy atom. The normalized spacial score (nSPS) is 22.1. The van der Waals surface area contributed by atoms with Crippen molar-refractivity contribution in [3.05, 3.63) is 12.2 Å². The fourth-order valence-corrected chi connectivity index (χ4v) is 1.97. The van der Waals surface area contributed by atoms with Crippen LogP contribution in [0, 0.1) is 5.41 Å². The topological polar surface area (TPSA) is 29.5 Å². The number of ketones is 1. The van der Waals surface area contributed by atoms with Crippen molar-refractivity contribution in [3.8, 4) is 0 Å². The summed E-state index contributed by atoms with van der Waals surface area (Å²) in [5.74, 6) is 0.103. The Kier molecular flexibility index (Phi) is 4.05. The van der Waals surface area contributed by atoms with Crippen LogP contribution in [0.2, 0.25) is 0 Å². The average Bonchev–Trinajstić information content (AvgIpc) is 2.10. The standard InChI is InChI=1S/C10H15NO2.C2H6/c1-8(9(2)12)3-11-4-10(5-11)6-13-7-10;1-2/h1,3-7H2,2H3;1-2H3. The van der Waals surface area contributed by atoms with Gasteiger partial charge in [0.05, 0.1) is 13.2 Å². The van der Waals surface area contributed by atoms with Gasteiger partial charge in [-0.1, -0.05) is 20.4 Å². The van der Waals surface area contributed by atoms with E-state index in [1.165, 1.54) is 0 Å². The molecular weight excluding hydrogens is 190 g/mol. The molecule has 2 fully saturated rings. The molecule has 0 aromatic carbocycles. The summed E-state index contributed by atoms with van der Waals surface area (Å²) in [6, 6.07) is 0. The van der Waals surface area contributed by atoms with Crippen LogP contribution in [0.15, 0.2) is 12.2 Å². The number of Topliss-reactive ketones (excluding diaryl/α,β-unsaturated/α-hetero) is 1. The Morgan fingerprint density at radius 1 is 1.40 bits per heavy atom. The van der Waals surface area contributed by atoms with Crippen LogP contribution in [-0.2, 0) is 9.53 Å². The average molecular weight is 211 g/mol. The van der Waals surface area contributed by atoms with E-state index in [0.717, 1.165) is 38.4 Å². The van der Waals surface area contributed by atoms with Crippen molar-refractivity contribution in [1.82, 2.24) is 4.90 Å². The van der Waals surface area contributed by atoms with E-state index >= 15 is 0 Å². The van der Waals surface area contributed by atoms with Crippen molar-refractivity contribution >= 4 is 5.78 Å². The van der Waals surface area contributed by atoms with E-state index < -0.39 is 0 Å². The molecule has 1 spiro atoms. The Bertz CT molecular complexity index is 248. The van der Waals surface area contributed by atoms with E-state index in [1.807, 2.05) is 13.8 Å². The highest BCUT2D eigenvalue weighted by Gasteiger charge is 2.48. The molecule has 0 N–H and O–H groups in total. The van der Waals surface area contributed by atoms with Crippen molar-refractivity contribution < 1.29 is 9.53 Å². The molecular formula is C12H21NO2. The molecule has 0 radical (unpaired) electrons. The number of ether oxygens (including phenoxy) is 1. The smallest absolute Gasteiger partial charge is 0.156 e. The molecule has 0 aromatic rings. The van der Waals surface area contributed by atoms with Crippen LogP contribution in [0.4, 0.5) is 0 Å². The summed E-state index contributed by atoms with van der Waals surface area (Å²) in [7, 11) is 0. The van der Waals surface area contributed by atoms with Crippen molar-refractivity contribution in [2.75, 3.05) is 32.8 Å². The lowest BCUT2D eigenvalue weighted by Crippen LogP contribution is -2.66. The fourth-order valence-electron chi connectivity index (χ4n) is 1.97. The van der Waals surface area contributed by atoms with E-state index in [0.29, 0.717) is 5.41 Å². The number of carbonyl (C=O) groups is 1. The maximum Gasteiger partial charge on any atom is 0.156 e. The van der Waals surface area contributed by atoms with Crippen molar-refractivity contribution in [2.45, 2.75) is 20.8 Å². The summed E-state index contributed by atoms with van der Waals surface area (Å²) in [4.78, 5) is 13.2. The summed E-state index contributed by atoms with van der Waals surface area (Å²) in [6.45, 7) is 14.0. The number of nitrogens with zero attached hydrogens (tertiary/aromatic N) is 1. The molecule has 0 saturated carbocycles. The van der Waals surface area contributed by atoms with Crippen molar-refractivity contribution in [3.63, 3.8) is 0 Å². The molecule has 86 valence electrons. The molecule has 2 aliphatic rings. The molecule has 3 nitrogen and oxygen atoms in total. The van der Waals surface area contributed by atoms with Crippen LogP contribution in [-0.4, -0.2) is 43.5 Å². The summed E-state index contributed by atoms with van der Waals surface area (Å²) in [5.41, 5.74) is 1.16. The lowest BCUT2D eigenvalue weighted by molar-refractivity contribution is -0.186. The highest BCUT2D eigenvalue weighted by molar-refractivity contribution is 5.92. The zero-order chi connectivity index (χ0) is 11.5. The van der Waals surface area contributed by atoms with Gasteiger partial charge in [-0.15, -0.1) is 0 Å². The first kappa shape index (κ1) is 12.4. The molecule has 0 atom stereocenters. The third-order valence-corrected chi connectivity index (χ3v) is 2.85. The highest BCUT2D eigenvalue weighted by atomic mass is 16.5. The minimum absolute atomic E-state index is 0.103. The van der Waals surface area contributed by atoms with Gasteiger partial charge in [-0.2, -0.15) is 0 Å². The molecule has 0 amide bonds. The Labute approximate surface area is 92.1 Å². The molecule has 2 heterocycles. The zero-order valence-electron chi connectivity index (χ0n) is 10.0. The predicted molar refractivity (Wildman–Crippen MR) is 60.9 cm³/mol. The largest absolute Gasteiger partial charge is 0.380 e. The third-order valence-electron chi connectivity index (χ3n) is 2.85. The number of hydrogen-bond acceptors (Lipinski definition) is 3. The SMILES string of the molecule is C=C(CN1CC2(COC2)C1)C(C)=O.CC. The molecule has 0 aromatic heterocycles. The van der Waals surface area contributed by atoms with Crippen LogP contribution >= 0.6 is 0 Å². The Balaban J connectivity index is 0.000000531. The van der Waals surface area contributed by atoms with Gasteiger partial charge in [0, 0.05) is 30.6 Å². The first-order chi connectivity index (χ1) is 7.11. The summed E-state index contributed by atoms with van der Waals surface area (Å²) in [6.07, 6.45) is 0. The number of rotatable bonds is 3. The predicted octanol–water partition coefficient (Wildman–Crippen LogP) is 1.49. The third kappa shape index (κ3) is 2.67. The second-order valence-corrected chi connectivity index (χ2v) is 4.30. The molecule has 0 aliphatic carbocycles. The van der Waals surface area contributed by atoms with Gasteiger partial charge in [-0.3, -0.25) is 9.69 Å². The van der Waals surface area contributed by atoms with E-state index in [2.05, 4.69) is 11.5 Å². The Morgan fingerprint density at radius 2 is 1.93 bits per heavy atom. The maximum absolute atomic E-state index is 10.9. The number of hydrogen-bond donors (Lipinski definition) is 0. The number of carbonyl (C=O) groups excluding carboxylic acids is 1. The van der Waals surface area contributed by atoms with Crippen LogP contribution < -0.4 is 0 Å². The second kappa shape index (κ2) is 4.90. The zero-order valence-corrected chi connectivity index (χ0v) is 10.0. The van der Waals surface area contributed by atoms with Gasteiger partial charge in [0.1, 0.15) is 0 Å². The second-order valence-electron chi connectivity index (χ2n) is 4.30. The van der Waals surface area contributed by atoms with E-state index in [-0.39, 0.29) is 5.78 Å². The molecule has 3 heteroatoms. The van der Waals surface area contributed by atoms with Gasteiger partial charge in [-0.25, -0.2) is 0 Å². The highest BCUT2D eigenvalue weighted by Crippen LogP contribution is 2.37. The van der Waals surface area contributed by atoms with E-state index in [1.54, 1.807) is 6.92 Å². The molecule has 2 rings (SSSR count). The molecule has 0 bridgehead atoms. The molecule has 2 aliphatic heterocycles. The van der Waals surface area contributed by atoms with Gasteiger partial charge in [0.15, 0.2) is 5.78 Å². The minimum atomic E-state index is 0.103. The Hall–Kier alpha value is -0.670. The molecule has 0 unspecified atom stereocenters. The fraction of sp³-hybridized carbons (Fsp3) is 0.750. The maximum atomic E-state index is 10.9. The van der Waals surface area contributed by atoms with Gasteiger partial charge in [-0.05, 0) is 6.92 Å². The van der Waals surface area contributed by atoms with Crippen LogP contribution in [0.3, 0.4) is 0 Å². The van der Waals surface area contributed by atoms with Gasteiger partial charge in [0.25, 0.3) is 0 Å². The van der Waals surface area contributed by atoms with Crippen LogP contribution in [0.5, 0.6) is 0 Å². The van der Waals surface area contributed by atoms with Crippen molar-refractivity contribution in [2.24, 2.45) is 5.41 Å². The first-order valence-corrected chi connectivity index (χ1v) is 5.60. The van der Waals surface area contributed by atoms with E-state index in [4.69, 9.17) is 4.74 Å². The van der Waals surface area contributed by atoms with Crippen LogP contribution in [0.25, 0.3) is 0 Å². The van der Waals surface area contributed by atoms with Gasteiger partial charge < -0.3 is 4.74 Å². The summed E-state index contributed by atoms with van der Waals surface area (Å²) < 4.78 is 5.16. The van der Waals surface area contributed by atoms with E-state index in [9.17, 15) is 4.79 Å². The monoisotopic (exact) mass is 211 g/mol. The lowest BCUT2D eigenvalue weighted by Gasteiger charge is -2.55.